The number of benzene rings is 2. The van der Waals surface area contributed by atoms with Crippen LogP contribution in [0, 0.1) is 5.41 Å². The largest absolute Gasteiger partial charge is 0.416 e. The normalized spacial score (nSPS) is 19.2. The van der Waals surface area contributed by atoms with E-state index in [1.165, 1.54) is 29.2 Å². The molecule has 1 atom stereocenters. The van der Waals surface area contributed by atoms with Gasteiger partial charge in [0, 0.05) is 23.5 Å². The van der Waals surface area contributed by atoms with E-state index in [1.54, 1.807) is 6.92 Å². The standard InChI is InChI=1S/C22H23Cl2F3N2O4S/c1-21(14-30)9-2-10-28(13-21)20(31)12-29(34(32,33)17-6-4-16(23)5-7-17)19-11-15(22(25,26)27)3-8-18(19)24/h3-8,11,30H,2,9-10,12-14H2,1H3. The smallest absolute Gasteiger partial charge is 0.396 e. The number of likely N-dealkylation sites (tertiary alicyclic amines) is 1. The Morgan fingerprint density at radius 3 is 2.41 bits per heavy atom. The molecular formula is C22H23Cl2F3N2O4S. The van der Waals surface area contributed by atoms with Crippen molar-refractivity contribution in [3.05, 3.63) is 58.1 Å². The number of anilines is 1. The summed E-state index contributed by atoms with van der Waals surface area (Å²) in [5.74, 6) is -0.620. The average Bonchev–Trinajstić information content (AvgIpc) is 2.77. The number of sulfonamides is 1. The number of aliphatic hydroxyl groups is 1. The number of carbonyl (C=O) groups is 1. The molecule has 186 valence electrons. The van der Waals surface area contributed by atoms with Gasteiger partial charge in [-0.3, -0.25) is 9.10 Å². The molecule has 0 saturated carbocycles. The third kappa shape index (κ3) is 5.79. The molecule has 0 aromatic heterocycles. The fraction of sp³-hybridized carbons (Fsp3) is 0.409. The Morgan fingerprint density at radius 1 is 1.18 bits per heavy atom. The maximum atomic E-state index is 13.5. The minimum absolute atomic E-state index is 0.164. The fourth-order valence-corrected chi connectivity index (χ4v) is 5.61. The minimum Gasteiger partial charge on any atom is -0.396 e. The highest BCUT2D eigenvalue weighted by atomic mass is 35.5. The van der Waals surface area contributed by atoms with E-state index in [-0.39, 0.29) is 28.1 Å². The number of halogens is 5. The van der Waals surface area contributed by atoms with Crippen molar-refractivity contribution in [2.24, 2.45) is 5.41 Å². The van der Waals surface area contributed by atoms with E-state index in [0.717, 1.165) is 12.1 Å². The van der Waals surface area contributed by atoms with Crippen molar-refractivity contribution >= 4 is 44.8 Å². The fourth-order valence-electron chi connectivity index (χ4n) is 3.79. The quantitative estimate of drug-likeness (QED) is 0.571. The third-order valence-electron chi connectivity index (χ3n) is 5.74. The topological polar surface area (TPSA) is 77.9 Å². The summed E-state index contributed by atoms with van der Waals surface area (Å²) < 4.78 is 67.7. The number of alkyl halides is 3. The van der Waals surface area contributed by atoms with E-state index in [2.05, 4.69) is 0 Å². The van der Waals surface area contributed by atoms with Crippen molar-refractivity contribution in [3.8, 4) is 0 Å². The maximum absolute atomic E-state index is 13.5. The summed E-state index contributed by atoms with van der Waals surface area (Å²) in [5, 5.41) is 9.67. The van der Waals surface area contributed by atoms with Crippen LogP contribution < -0.4 is 4.31 Å². The molecule has 0 bridgehead atoms. The summed E-state index contributed by atoms with van der Waals surface area (Å²) in [6, 6.07) is 7.31. The van der Waals surface area contributed by atoms with Gasteiger partial charge in [0.1, 0.15) is 6.54 Å². The Labute approximate surface area is 205 Å². The van der Waals surface area contributed by atoms with E-state index >= 15 is 0 Å². The number of hydrogen-bond acceptors (Lipinski definition) is 4. The molecular weight excluding hydrogens is 516 g/mol. The molecule has 2 aromatic carbocycles. The molecule has 1 amide bonds. The average molecular weight is 539 g/mol. The minimum atomic E-state index is -4.76. The molecule has 0 spiro atoms. The summed E-state index contributed by atoms with van der Waals surface area (Å²) in [6.07, 6.45) is -3.48. The first kappa shape index (κ1) is 26.6. The first-order valence-corrected chi connectivity index (χ1v) is 12.5. The second kappa shape index (κ2) is 9.93. The number of nitrogens with zero attached hydrogens (tertiary/aromatic N) is 2. The van der Waals surface area contributed by atoms with Gasteiger partial charge in [0.15, 0.2) is 0 Å². The van der Waals surface area contributed by atoms with E-state index < -0.39 is 45.3 Å². The zero-order chi connectivity index (χ0) is 25.3. The zero-order valence-electron chi connectivity index (χ0n) is 18.1. The predicted octanol–water partition coefficient (Wildman–Crippen LogP) is 4.83. The van der Waals surface area contributed by atoms with Crippen molar-refractivity contribution < 1.29 is 31.5 Å². The number of carbonyl (C=O) groups excluding carboxylic acids is 1. The van der Waals surface area contributed by atoms with Crippen molar-refractivity contribution in [1.82, 2.24) is 4.90 Å². The van der Waals surface area contributed by atoms with Gasteiger partial charge in [-0.15, -0.1) is 0 Å². The van der Waals surface area contributed by atoms with Crippen LogP contribution in [-0.2, 0) is 21.0 Å². The SMILES string of the molecule is CC1(CO)CCCN(C(=O)CN(c2cc(C(F)(F)F)ccc2Cl)S(=O)(=O)c2ccc(Cl)cc2)C1. The molecule has 12 heteroatoms. The van der Waals surface area contributed by atoms with Gasteiger partial charge < -0.3 is 10.0 Å². The number of piperidine rings is 1. The van der Waals surface area contributed by atoms with Gasteiger partial charge in [0.25, 0.3) is 10.0 Å². The molecule has 1 N–H and O–H groups in total. The second-order valence-corrected chi connectivity index (χ2v) is 11.2. The molecule has 2 aromatic rings. The lowest BCUT2D eigenvalue weighted by atomic mass is 9.83. The molecule has 1 saturated heterocycles. The summed E-state index contributed by atoms with van der Waals surface area (Å²) in [6.45, 7) is 1.39. The molecule has 1 fully saturated rings. The van der Waals surface area contributed by atoms with Gasteiger partial charge in [0.05, 0.1) is 27.8 Å². The first-order valence-electron chi connectivity index (χ1n) is 10.3. The number of amides is 1. The van der Waals surface area contributed by atoms with E-state index in [0.29, 0.717) is 29.8 Å². The lowest BCUT2D eigenvalue weighted by Gasteiger charge is -2.40. The Hall–Kier alpha value is -2.01. The Balaban J connectivity index is 2.06. The van der Waals surface area contributed by atoms with Gasteiger partial charge >= 0.3 is 6.18 Å². The highest BCUT2D eigenvalue weighted by Gasteiger charge is 2.37. The van der Waals surface area contributed by atoms with Crippen molar-refractivity contribution in [3.63, 3.8) is 0 Å². The third-order valence-corrected chi connectivity index (χ3v) is 8.08. The predicted molar refractivity (Wildman–Crippen MR) is 123 cm³/mol. The van der Waals surface area contributed by atoms with Gasteiger partial charge in [-0.2, -0.15) is 13.2 Å². The van der Waals surface area contributed by atoms with E-state index in [1.807, 2.05) is 0 Å². The molecule has 3 rings (SSSR count). The number of hydrogen-bond donors (Lipinski definition) is 1. The van der Waals surface area contributed by atoms with E-state index in [9.17, 15) is 31.5 Å². The van der Waals surface area contributed by atoms with Crippen LogP contribution in [0.5, 0.6) is 0 Å². The lowest BCUT2D eigenvalue weighted by Crippen LogP contribution is -2.50. The van der Waals surface area contributed by atoms with Crippen LogP contribution in [0.1, 0.15) is 25.3 Å². The van der Waals surface area contributed by atoms with Crippen LogP contribution in [0.3, 0.4) is 0 Å². The van der Waals surface area contributed by atoms with Crippen LogP contribution >= 0.6 is 23.2 Å². The first-order chi connectivity index (χ1) is 15.8. The molecule has 1 heterocycles. The molecule has 34 heavy (non-hydrogen) atoms. The van der Waals surface area contributed by atoms with Gasteiger partial charge in [-0.1, -0.05) is 30.1 Å². The van der Waals surface area contributed by atoms with Crippen LogP contribution in [0.15, 0.2) is 47.4 Å². The van der Waals surface area contributed by atoms with Crippen molar-refractivity contribution in [1.29, 1.82) is 0 Å². The van der Waals surface area contributed by atoms with Gasteiger partial charge in [-0.25, -0.2) is 8.42 Å². The van der Waals surface area contributed by atoms with Crippen LogP contribution in [0.25, 0.3) is 0 Å². The number of rotatable bonds is 6. The summed E-state index contributed by atoms with van der Waals surface area (Å²) >= 11 is 12.0. The van der Waals surface area contributed by atoms with E-state index in [4.69, 9.17) is 23.2 Å². The molecule has 1 unspecified atom stereocenters. The van der Waals surface area contributed by atoms with Crippen LogP contribution in [0.4, 0.5) is 18.9 Å². The maximum Gasteiger partial charge on any atom is 0.416 e. The Kier molecular flexibility index (Phi) is 7.76. The molecule has 6 nitrogen and oxygen atoms in total. The summed E-state index contributed by atoms with van der Waals surface area (Å²) in [4.78, 5) is 14.3. The molecule has 0 aliphatic carbocycles. The monoisotopic (exact) mass is 538 g/mol. The molecule has 1 aliphatic heterocycles. The Morgan fingerprint density at radius 2 is 1.82 bits per heavy atom. The second-order valence-electron chi connectivity index (χ2n) is 8.52. The lowest BCUT2D eigenvalue weighted by molar-refractivity contribution is -0.137. The Bertz CT molecular complexity index is 1160. The summed E-state index contributed by atoms with van der Waals surface area (Å²) in [7, 11) is -4.50. The van der Waals surface area contributed by atoms with Crippen molar-refractivity contribution in [2.75, 3.05) is 30.5 Å². The zero-order valence-corrected chi connectivity index (χ0v) is 20.5. The van der Waals surface area contributed by atoms with Crippen LogP contribution in [0.2, 0.25) is 10.0 Å². The summed E-state index contributed by atoms with van der Waals surface area (Å²) in [5.41, 5.74) is -2.13. The van der Waals surface area contributed by atoms with Crippen LogP contribution in [-0.4, -0.2) is 50.6 Å². The molecule has 1 aliphatic rings. The van der Waals surface area contributed by atoms with Crippen molar-refractivity contribution in [2.45, 2.75) is 30.8 Å². The van der Waals surface area contributed by atoms with Gasteiger partial charge in [-0.05, 0) is 55.3 Å². The van der Waals surface area contributed by atoms with Gasteiger partial charge in [0.2, 0.25) is 5.91 Å². The molecule has 0 radical (unpaired) electrons. The highest BCUT2D eigenvalue weighted by Crippen LogP contribution is 2.38. The highest BCUT2D eigenvalue weighted by molar-refractivity contribution is 7.92. The number of aliphatic hydroxyl groups excluding tert-OH is 1.